The highest BCUT2D eigenvalue weighted by atomic mass is 127. The van der Waals surface area contributed by atoms with Gasteiger partial charge >= 0.3 is 6.03 Å². The van der Waals surface area contributed by atoms with Gasteiger partial charge in [-0.3, -0.25) is 9.69 Å². The molecule has 1 aliphatic rings. The van der Waals surface area contributed by atoms with E-state index in [4.69, 9.17) is 4.74 Å². The molecule has 0 aliphatic carbocycles. The van der Waals surface area contributed by atoms with Crippen molar-refractivity contribution in [1.82, 2.24) is 10.2 Å². The van der Waals surface area contributed by atoms with Crippen molar-refractivity contribution in [2.75, 3.05) is 13.7 Å². The quantitative estimate of drug-likeness (QED) is 0.375. The fourth-order valence-electron chi connectivity index (χ4n) is 1.81. The van der Waals surface area contributed by atoms with Gasteiger partial charge in [-0.2, -0.15) is 0 Å². The summed E-state index contributed by atoms with van der Waals surface area (Å²) < 4.78 is 6.10. The van der Waals surface area contributed by atoms with E-state index in [1.807, 2.05) is 18.2 Å². The molecule has 20 heavy (non-hydrogen) atoms. The third-order valence-electron chi connectivity index (χ3n) is 2.76. The van der Waals surface area contributed by atoms with E-state index in [0.717, 1.165) is 19.8 Å². The fraction of sp³-hybridized carbons (Fsp3) is 0.143. The number of urea groups is 1. The first-order valence-corrected chi connectivity index (χ1v) is 6.93. The number of amides is 3. The van der Waals surface area contributed by atoms with Crippen LogP contribution in [-0.2, 0) is 4.79 Å². The van der Waals surface area contributed by atoms with E-state index in [1.54, 1.807) is 13.2 Å². The lowest BCUT2D eigenvalue weighted by molar-refractivity contribution is -0.122. The number of rotatable bonds is 4. The highest BCUT2D eigenvalue weighted by molar-refractivity contribution is 14.1. The smallest absolute Gasteiger partial charge is 0.329 e. The predicted octanol–water partition coefficient (Wildman–Crippen LogP) is 2.38. The third-order valence-corrected chi connectivity index (χ3v) is 3.60. The minimum absolute atomic E-state index is 0.197. The average molecular weight is 384 g/mol. The Labute approximate surface area is 130 Å². The van der Waals surface area contributed by atoms with Gasteiger partial charge in [0.2, 0.25) is 0 Å². The molecule has 2 rings (SSSR count). The maximum absolute atomic E-state index is 12.0. The summed E-state index contributed by atoms with van der Waals surface area (Å²) in [4.78, 5) is 24.7. The molecule has 6 heteroatoms. The van der Waals surface area contributed by atoms with Crippen LogP contribution < -0.4 is 10.1 Å². The van der Waals surface area contributed by atoms with E-state index in [2.05, 4.69) is 34.5 Å². The normalized spacial score (nSPS) is 16.5. The molecular formula is C14H13IN2O3. The molecule has 104 valence electrons. The van der Waals surface area contributed by atoms with Crippen molar-refractivity contribution in [2.24, 2.45) is 0 Å². The number of hydrogen-bond donors (Lipinski definition) is 1. The number of benzene rings is 1. The standard InChI is InChI=1S/C14H13IN2O3/c1-3-6-17-13(18)11(16-14(17)19)8-9-4-5-12(20-2)10(15)7-9/h3-5,7-8H,1,6H2,2H3,(H,16,19)/b11-8+. The Morgan fingerprint density at radius 3 is 2.80 bits per heavy atom. The number of nitrogens with one attached hydrogen (secondary N) is 1. The van der Waals surface area contributed by atoms with Gasteiger partial charge in [-0.05, 0) is 46.4 Å². The summed E-state index contributed by atoms with van der Waals surface area (Å²) >= 11 is 2.15. The lowest BCUT2D eigenvalue weighted by Crippen LogP contribution is -2.30. The van der Waals surface area contributed by atoms with E-state index < -0.39 is 6.03 Å². The van der Waals surface area contributed by atoms with Crippen LogP contribution in [0.1, 0.15) is 5.56 Å². The van der Waals surface area contributed by atoms with Gasteiger partial charge in [0.25, 0.3) is 5.91 Å². The molecule has 3 amide bonds. The Morgan fingerprint density at radius 2 is 2.20 bits per heavy atom. The van der Waals surface area contributed by atoms with Crippen molar-refractivity contribution in [3.05, 3.63) is 45.7 Å². The Kier molecular flexibility index (Phi) is 4.43. The highest BCUT2D eigenvalue weighted by Gasteiger charge is 2.32. The zero-order valence-corrected chi connectivity index (χ0v) is 13.0. The summed E-state index contributed by atoms with van der Waals surface area (Å²) in [6.07, 6.45) is 3.15. The Morgan fingerprint density at radius 1 is 1.45 bits per heavy atom. The van der Waals surface area contributed by atoms with Gasteiger partial charge in [-0.25, -0.2) is 4.79 Å². The number of nitrogens with zero attached hydrogens (tertiary/aromatic N) is 1. The van der Waals surface area contributed by atoms with Gasteiger partial charge < -0.3 is 10.1 Å². The molecule has 5 nitrogen and oxygen atoms in total. The molecule has 0 unspecified atom stereocenters. The van der Waals surface area contributed by atoms with Crippen molar-refractivity contribution in [2.45, 2.75) is 0 Å². The largest absolute Gasteiger partial charge is 0.496 e. The summed E-state index contributed by atoms with van der Waals surface area (Å²) in [5.74, 6) is 0.420. The van der Waals surface area contributed by atoms with Crippen LogP contribution in [0.15, 0.2) is 36.6 Å². The van der Waals surface area contributed by atoms with Gasteiger partial charge in [-0.1, -0.05) is 12.1 Å². The van der Waals surface area contributed by atoms with E-state index in [0.29, 0.717) is 0 Å². The van der Waals surface area contributed by atoms with Gasteiger partial charge in [0.05, 0.1) is 10.7 Å². The molecule has 0 aromatic heterocycles. The van der Waals surface area contributed by atoms with Crippen molar-refractivity contribution in [3.8, 4) is 5.75 Å². The second-order valence-electron chi connectivity index (χ2n) is 4.09. The van der Waals surface area contributed by atoms with Crippen LogP contribution in [-0.4, -0.2) is 30.5 Å². The SMILES string of the molecule is C=CCN1C(=O)N/C(=C/c2ccc(OC)c(I)c2)C1=O. The lowest BCUT2D eigenvalue weighted by atomic mass is 10.2. The Hall–Kier alpha value is -1.83. The van der Waals surface area contributed by atoms with Crippen LogP contribution in [0.3, 0.4) is 0 Å². The molecule has 1 fully saturated rings. The highest BCUT2D eigenvalue weighted by Crippen LogP contribution is 2.23. The summed E-state index contributed by atoms with van der Waals surface area (Å²) in [5, 5.41) is 2.55. The maximum Gasteiger partial charge on any atom is 0.329 e. The molecule has 0 saturated carbocycles. The Bertz CT molecular complexity index is 610. The first-order valence-electron chi connectivity index (χ1n) is 5.85. The first-order chi connectivity index (χ1) is 9.56. The van der Waals surface area contributed by atoms with Crippen molar-refractivity contribution in [3.63, 3.8) is 0 Å². The zero-order chi connectivity index (χ0) is 14.7. The zero-order valence-electron chi connectivity index (χ0n) is 10.9. The molecule has 1 N–H and O–H groups in total. The van der Waals surface area contributed by atoms with E-state index in [9.17, 15) is 9.59 Å². The third kappa shape index (κ3) is 2.84. The van der Waals surface area contributed by atoms with Gasteiger partial charge in [0.1, 0.15) is 11.4 Å². The molecule has 1 aliphatic heterocycles. The maximum atomic E-state index is 12.0. The van der Waals surface area contributed by atoms with Crippen molar-refractivity contribution in [1.29, 1.82) is 0 Å². The second kappa shape index (κ2) is 6.08. The predicted molar refractivity (Wildman–Crippen MR) is 84.1 cm³/mol. The molecule has 1 aromatic carbocycles. The van der Waals surface area contributed by atoms with Crippen LogP contribution >= 0.6 is 22.6 Å². The van der Waals surface area contributed by atoms with Gasteiger partial charge in [-0.15, -0.1) is 6.58 Å². The van der Waals surface area contributed by atoms with E-state index in [1.165, 1.54) is 6.08 Å². The van der Waals surface area contributed by atoms with E-state index >= 15 is 0 Å². The number of ether oxygens (including phenoxy) is 1. The molecule has 1 saturated heterocycles. The number of carbonyl (C=O) groups excluding carboxylic acids is 2. The fourth-order valence-corrected chi connectivity index (χ4v) is 2.57. The topological polar surface area (TPSA) is 58.6 Å². The summed E-state index contributed by atoms with van der Waals surface area (Å²) in [7, 11) is 1.60. The molecule has 1 aromatic rings. The van der Waals surface area contributed by atoms with Crippen molar-refractivity contribution < 1.29 is 14.3 Å². The number of carbonyl (C=O) groups is 2. The molecule has 0 bridgehead atoms. The minimum atomic E-state index is -0.427. The molecule has 0 atom stereocenters. The number of hydrogen-bond acceptors (Lipinski definition) is 3. The number of imide groups is 1. The first kappa shape index (κ1) is 14.6. The van der Waals surface area contributed by atoms with Crippen LogP contribution in [0.5, 0.6) is 5.75 Å². The summed E-state index contributed by atoms with van der Waals surface area (Å²) in [6, 6.07) is 5.09. The lowest BCUT2D eigenvalue weighted by Gasteiger charge is -2.07. The van der Waals surface area contributed by atoms with Crippen molar-refractivity contribution >= 4 is 40.6 Å². The number of halogens is 1. The van der Waals surface area contributed by atoms with Crippen LogP contribution in [0, 0.1) is 3.57 Å². The monoisotopic (exact) mass is 384 g/mol. The molecular weight excluding hydrogens is 371 g/mol. The number of methoxy groups -OCH3 is 1. The van der Waals surface area contributed by atoms with Crippen LogP contribution in [0.2, 0.25) is 0 Å². The van der Waals surface area contributed by atoms with Gasteiger partial charge in [0, 0.05) is 6.54 Å². The average Bonchev–Trinajstić information content (AvgIpc) is 2.67. The van der Waals surface area contributed by atoms with Crippen LogP contribution in [0.25, 0.3) is 6.08 Å². The Balaban J connectivity index is 2.28. The summed E-state index contributed by atoms with van der Waals surface area (Å²) in [6.45, 7) is 3.72. The molecule has 0 spiro atoms. The summed E-state index contributed by atoms with van der Waals surface area (Å²) in [5.41, 5.74) is 1.08. The minimum Gasteiger partial charge on any atom is -0.496 e. The van der Waals surface area contributed by atoms with E-state index in [-0.39, 0.29) is 18.1 Å². The molecule has 0 radical (unpaired) electrons. The second-order valence-corrected chi connectivity index (χ2v) is 5.25. The van der Waals surface area contributed by atoms with Crippen LogP contribution in [0.4, 0.5) is 4.79 Å². The molecule has 1 heterocycles. The van der Waals surface area contributed by atoms with Gasteiger partial charge in [0.15, 0.2) is 0 Å².